The van der Waals surface area contributed by atoms with Gasteiger partial charge in [0.2, 0.25) is 0 Å². The lowest BCUT2D eigenvalue weighted by atomic mass is 10.1. The minimum Gasteiger partial charge on any atom is -0.506 e. The fourth-order valence-corrected chi connectivity index (χ4v) is 2.03. The summed E-state index contributed by atoms with van der Waals surface area (Å²) in [6.45, 7) is 0. The lowest BCUT2D eigenvalue weighted by molar-refractivity contribution is 0.0690. The zero-order valence-electron chi connectivity index (χ0n) is 8.15. The quantitative estimate of drug-likeness (QED) is 0.887. The minimum absolute atomic E-state index is 0.0805. The van der Waals surface area contributed by atoms with Gasteiger partial charge in [0.05, 0.1) is 18.8 Å². The molecule has 0 aliphatic rings. The molecule has 16 heavy (non-hydrogen) atoms. The Hall–Kier alpha value is -1.69. The SMILES string of the molecule is COc1c(C(=O)O)c(O)c(Br)c2occc12. The maximum atomic E-state index is 11.0. The van der Waals surface area contributed by atoms with Crippen LogP contribution in [0.1, 0.15) is 10.4 Å². The maximum Gasteiger partial charge on any atom is 0.343 e. The van der Waals surface area contributed by atoms with Gasteiger partial charge in [-0.3, -0.25) is 0 Å². The van der Waals surface area contributed by atoms with E-state index in [9.17, 15) is 9.90 Å². The Morgan fingerprint density at radius 1 is 1.56 bits per heavy atom. The molecule has 2 rings (SSSR count). The molecule has 0 aliphatic carbocycles. The van der Waals surface area contributed by atoms with E-state index in [1.807, 2.05) is 0 Å². The lowest BCUT2D eigenvalue weighted by Gasteiger charge is -2.09. The number of carboxylic acid groups (broad SMARTS) is 1. The zero-order valence-corrected chi connectivity index (χ0v) is 9.74. The van der Waals surface area contributed by atoms with Gasteiger partial charge < -0.3 is 19.4 Å². The van der Waals surface area contributed by atoms with Crippen LogP contribution in [0.4, 0.5) is 0 Å². The second-order valence-electron chi connectivity index (χ2n) is 3.04. The van der Waals surface area contributed by atoms with Crippen LogP contribution < -0.4 is 4.74 Å². The number of hydrogen-bond donors (Lipinski definition) is 2. The van der Waals surface area contributed by atoms with Crippen molar-refractivity contribution in [2.75, 3.05) is 7.11 Å². The normalized spacial score (nSPS) is 10.6. The summed E-state index contributed by atoms with van der Waals surface area (Å²) in [4.78, 5) is 11.0. The first-order chi connectivity index (χ1) is 7.57. The molecule has 1 heterocycles. The van der Waals surface area contributed by atoms with Crippen molar-refractivity contribution >= 4 is 32.9 Å². The summed E-state index contributed by atoms with van der Waals surface area (Å²) < 4.78 is 10.3. The number of halogens is 1. The molecule has 2 aromatic rings. The summed E-state index contributed by atoms with van der Waals surface area (Å²) in [6.07, 6.45) is 1.39. The van der Waals surface area contributed by atoms with Gasteiger partial charge in [-0.15, -0.1) is 0 Å². The maximum absolute atomic E-state index is 11.0. The first-order valence-corrected chi connectivity index (χ1v) is 5.06. The minimum atomic E-state index is -1.27. The van der Waals surface area contributed by atoms with Gasteiger partial charge in [-0.2, -0.15) is 0 Å². The van der Waals surface area contributed by atoms with Crippen LogP contribution in [0, 0.1) is 0 Å². The molecule has 0 amide bonds. The lowest BCUT2D eigenvalue weighted by Crippen LogP contribution is -2.02. The number of furan rings is 1. The average Bonchev–Trinajstić information content (AvgIpc) is 2.71. The van der Waals surface area contributed by atoms with E-state index in [-0.39, 0.29) is 15.8 Å². The van der Waals surface area contributed by atoms with Crippen molar-refractivity contribution in [3.63, 3.8) is 0 Å². The first kappa shape index (κ1) is 10.8. The topological polar surface area (TPSA) is 79.9 Å². The molecule has 0 spiro atoms. The summed E-state index contributed by atoms with van der Waals surface area (Å²) in [5, 5.41) is 19.2. The smallest absolute Gasteiger partial charge is 0.343 e. The van der Waals surface area contributed by atoms with Gasteiger partial charge in [-0.05, 0) is 22.0 Å². The van der Waals surface area contributed by atoms with Crippen molar-refractivity contribution in [1.82, 2.24) is 0 Å². The Kier molecular flexibility index (Phi) is 2.51. The van der Waals surface area contributed by atoms with E-state index in [2.05, 4.69) is 15.9 Å². The number of methoxy groups -OCH3 is 1. The molecule has 1 aromatic carbocycles. The van der Waals surface area contributed by atoms with E-state index in [1.165, 1.54) is 13.4 Å². The molecule has 84 valence electrons. The summed E-state index contributed by atoms with van der Waals surface area (Å²) in [6, 6.07) is 1.57. The molecule has 5 nitrogen and oxygen atoms in total. The monoisotopic (exact) mass is 286 g/mol. The predicted octanol–water partition coefficient (Wildman–Crippen LogP) is 2.61. The molecule has 6 heteroatoms. The summed E-state index contributed by atoms with van der Waals surface area (Å²) >= 11 is 3.08. The van der Waals surface area contributed by atoms with E-state index < -0.39 is 11.7 Å². The van der Waals surface area contributed by atoms with Crippen molar-refractivity contribution < 1.29 is 24.2 Å². The number of benzene rings is 1. The molecule has 2 N–H and O–H groups in total. The van der Waals surface area contributed by atoms with Gasteiger partial charge in [0.1, 0.15) is 15.8 Å². The highest BCUT2D eigenvalue weighted by atomic mass is 79.9. The number of ether oxygens (including phenoxy) is 1. The third-order valence-electron chi connectivity index (χ3n) is 2.20. The van der Waals surface area contributed by atoms with Gasteiger partial charge in [-0.25, -0.2) is 4.79 Å². The molecule has 0 atom stereocenters. The van der Waals surface area contributed by atoms with Crippen LogP contribution in [0.2, 0.25) is 0 Å². The first-order valence-electron chi connectivity index (χ1n) is 4.26. The molecule has 0 saturated carbocycles. The number of hydrogen-bond acceptors (Lipinski definition) is 4. The molecular weight excluding hydrogens is 280 g/mol. The Morgan fingerprint density at radius 2 is 2.25 bits per heavy atom. The van der Waals surface area contributed by atoms with Crippen LogP contribution >= 0.6 is 15.9 Å². The van der Waals surface area contributed by atoms with Crippen molar-refractivity contribution in [1.29, 1.82) is 0 Å². The number of carbonyl (C=O) groups is 1. The Bertz CT molecular complexity index is 572. The molecule has 0 saturated heterocycles. The number of fused-ring (bicyclic) bond motifs is 1. The summed E-state index contributed by atoms with van der Waals surface area (Å²) in [5.74, 6) is -1.60. The standard InChI is InChI=1S/C10H7BrO5/c1-15-8-4-2-3-16-9(4)6(11)7(12)5(8)10(13)14/h2-3,12H,1H3,(H,13,14). The highest BCUT2D eigenvalue weighted by Crippen LogP contribution is 2.43. The molecule has 0 bridgehead atoms. The van der Waals surface area contributed by atoms with Gasteiger partial charge in [0.25, 0.3) is 0 Å². The Morgan fingerprint density at radius 3 is 2.81 bits per heavy atom. The average molecular weight is 287 g/mol. The van der Waals surface area contributed by atoms with E-state index in [4.69, 9.17) is 14.3 Å². The van der Waals surface area contributed by atoms with E-state index >= 15 is 0 Å². The number of phenols is 1. The summed E-state index contributed by atoms with van der Waals surface area (Å²) in [7, 11) is 1.33. The molecule has 1 aromatic heterocycles. The summed E-state index contributed by atoms with van der Waals surface area (Å²) in [5.41, 5.74) is 0.0580. The Balaban J connectivity index is 2.97. The van der Waals surface area contributed by atoms with Crippen molar-refractivity contribution in [3.8, 4) is 11.5 Å². The van der Waals surface area contributed by atoms with Crippen LogP contribution in [0.15, 0.2) is 21.2 Å². The van der Waals surface area contributed by atoms with E-state index in [0.29, 0.717) is 11.0 Å². The van der Waals surface area contributed by atoms with E-state index in [0.717, 1.165) is 0 Å². The fourth-order valence-electron chi connectivity index (χ4n) is 1.53. The van der Waals surface area contributed by atoms with E-state index in [1.54, 1.807) is 6.07 Å². The molecular formula is C10H7BrO5. The number of carboxylic acids is 1. The largest absolute Gasteiger partial charge is 0.506 e. The van der Waals surface area contributed by atoms with Crippen molar-refractivity contribution in [3.05, 3.63) is 22.4 Å². The van der Waals surface area contributed by atoms with Crippen molar-refractivity contribution in [2.45, 2.75) is 0 Å². The number of rotatable bonds is 2. The predicted molar refractivity (Wildman–Crippen MR) is 59.1 cm³/mol. The van der Waals surface area contributed by atoms with Gasteiger partial charge in [0, 0.05) is 0 Å². The van der Waals surface area contributed by atoms with Gasteiger partial charge in [-0.1, -0.05) is 0 Å². The third kappa shape index (κ3) is 1.34. The Labute approximate surface area is 98.4 Å². The van der Waals surface area contributed by atoms with Crippen LogP contribution in [-0.4, -0.2) is 23.3 Å². The molecule has 0 aliphatic heterocycles. The number of aromatic carboxylic acids is 1. The molecule has 0 fully saturated rings. The second-order valence-corrected chi connectivity index (χ2v) is 3.83. The fraction of sp³-hybridized carbons (Fsp3) is 0.100. The van der Waals surface area contributed by atoms with Gasteiger partial charge >= 0.3 is 5.97 Å². The second kappa shape index (κ2) is 3.71. The van der Waals surface area contributed by atoms with Crippen LogP contribution in [0.5, 0.6) is 11.5 Å². The zero-order chi connectivity index (χ0) is 11.9. The van der Waals surface area contributed by atoms with Crippen LogP contribution in [-0.2, 0) is 0 Å². The highest BCUT2D eigenvalue weighted by molar-refractivity contribution is 9.10. The van der Waals surface area contributed by atoms with Crippen LogP contribution in [0.3, 0.4) is 0 Å². The third-order valence-corrected chi connectivity index (χ3v) is 2.93. The number of aromatic hydroxyl groups is 1. The molecule has 0 radical (unpaired) electrons. The van der Waals surface area contributed by atoms with Crippen LogP contribution in [0.25, 0.3) is 11.0 Å². The highest BCUT2D eigenvalue weighted by Gasteiger charge is 2.25. The van der Waals surface area contributed by atoms with Crippen molar-refractivity contribution in [2.24, 2.45) is 0 Å². The van der Waals surface area contributed by atoms with Gasteiger partial charge in [0.15, 0.2) is 11.3 Å². The molecule has 0 unspecified atom stereocenters.